The highest BCUT2D eigenvalue weighted by Crippen LogP contribution is 2.37. The number of carbonyl (C=O) groups is 5. The molecule has 1 aromatic heterocycles. The largest absolute Gasteiger partial charge is 0.497 e. The first-order valence-corrected chi connectivity index (χ1v) is 18.8. The number of carboxylic acid groups (broad SMARTS) is 1. The number of aromatic nitrogens is 1. The fraction of sp³-hybridized carbons (Fsp3) is 0.476. The molecule has 1 fully saturated rings. The van der Waals surface area contributed by atoms with Crippen LogP contribution in [0.4, 0.5) is 0 Å². The number of methoxy groups -OCH3 is 2. The summed E-state index contributed by atoms with van der Waals surface area (Å²) < 4.78 is 17.1. The molecule has 12 nitrogen and oxygen atoms in total. The van der Waals surface area contributed by atoms with E-state index in [4.69, 9.17) is 19.2 Å². The van der Waals surface area contributed by atoms with E-state index in [2.05, 4.69) is 10.6 Å². The first kappa shape index (κ1) is 39.9. The predicted molar refractivity (Wildman–Crippen MR) is 203 cm³/mol. The van der Waals surface area contributed by atoms with Gasteiger partial charge in [-0.05, 0) is 49.3 Å². The summed E-state index contributed by atoms with van der Waals surface area (Å²) in [7, 11) is 2.86. The molecule has 0 saturated heterocycles. The number of nitrogens with one attached hydrogen (secondary N) is 2. The van der Waals surface area contributed by atoms with Crippen LogP contribution in [0.15, 0.2) is 66.2 Å². The van der Waals surface area contributed by atoms with Gasteiger partial charge < -0.3 is 30.0 Å². The van der Waals surface area contributed by atoms with Crippen LogP contribution < -0.4 is 20.1 Å². The molecule has 54 heavy (non-hydrogen) atoms. The third-order valence-corrected chi connectivity index (χ3v) is 10.6. The number of rotatable bonds is 16. The van der Waals surface area contributed by atoms with Gasteiger partial charge in [-0.25, -0.2) is 9.78 Å². The Morgan fingerprint density at radius 3 is 2.30 bits per heavy atom. The van der Waals surface area contributed by atoms with Crippen molar-refractivity contribution in [2.45, 2.75) is 90.3 Å². The molecular weight excluding hydrogens is 690 g/mol. The number of esters is 1. The third kappa shape index (κ3) is 9.45. The van der Waals surface area contributed by atoms with E-state index in [1.165, 1.54) is 7.11 Å². The second-order valence-electron chi connectivity index (χ2n) is 14.5. The van der Waals surface area contributed by atoms with Crippen molar-refractivity contribution in [2.24, 2.45) is 23.7 Å². The van der Waals surface area contributed by atoms with Crippen molar-refractivity contribution >= 4 is 40.4 Å². The molecule has 1 saturated carbocycles. The van der Waals surface area contributed by atoms with Crippen LogP contribution in [0.3, 0.4) is 0 Å². The summed E-state index contributed by atoms with van der Waals surface area (Å²) in [5.41, 5.74) is 2.23. The van der Waals surface area contributed by atoms with Gasteiger partial charge in [0.05, 0.1) is 37.3 Å². The second kappa shape index (κ2) is 18.2. The first-order chi connectivity index (χ1) is 25.9. The lowest BCUT2D eigenvalue weighted by Crippen LogP contribution is -2.56. The molecule has 2 aliphatic rings. The monoisotopic (exact) mass is 741 g/mol. The molecule has 288 valence electrons. The van der Waals surface area contributed by atoms with Crippen LogP contribution in [0.5, 0.6) is 11.5 Å². The summed E-state index contributed by atoms with van der Waals surface area (Å²) in [6, 6.07) is 14.9. The van der Waals surface area contributed by atoms with E-state index in [0.717, 1.165) is 37.7 Å². The number of pyridine rings is 1. The number of nitrogens with zero attached hydrogens (tertiary/aromatic N) is 1. The first-order valence-electron chi connectivity index (χ1n) is 18.8. The average Bonchev–Trinajstić information content (AvgIpc) is 3.61. The fourth-order valence-corrected chi connectivity index (χ4v) is 7.44. The zero-order valence-electron chi connectivity index (χ0n) is 31.6. The molecular formula is C42H51N3O9. The van der Waals surface area contributed by atoms with Gasteiger partial charge in [0.2, 0.25) is 11.8 Å². The van der Waals surface area contributed by atoms with E-state index in [1.54, 1.807) is 46.1 Å². The molecule has 0 bridgehead atoms. The Hall–Kier alpha value is -5.26. The summed E-state index contributed by atoms with van der Waals surface area (Å²) in [4.78, 5) is 71.4. The minimum atomic E-state index is -1.09. The highest BCUT2D eigenvalue weighted by Gasteiger charge is 2.40. The Balaban J connectivity index is 1.46. The van der Waals surface area contributed by atoms with Crippen molar-refractivity contribution in [1.82, 2.24) is 15.6 Å². The molecule has 2 aliphatic carbocycles. The number of benzene rings is 2. The summed E-state index contributed by atoms with van der Waals surface area (Å²) in [5.74, 6) is -4.47. The predicted octanol–water partition coefficient (Wildman–Crippen LogP) is 6.05. The van der Waals surface area contributed by atoms with Crippen LogP contribution in [0.1, 0.15) is 72.1 Å². The Bertz CT molecular complexity index is 1870. The van der Waals surface area contributed by atoms with Crippen molar-refractivity contribution in [3.8, 4) is 22.8 Å². The van der Waals surface area contributed by atoms with Gasteiger partial charge in [0.15, 0.2) is 0 Å². The number of amides is 2. The van der Waals surface area contributed by atoms with Crippen LogP contribution in [-0.2, 0) is 28.7 Å². The smallest absolute Gasteiger partial charge is 0.328 e. The van der Waals surface area contributed by atoms with E-state index in [-0.39, 0.29) is 36.7 Å². The topological polar surface area (TPSA) is 170 Å². The van der Waals surface area contributed by atoms with Crippen molar-refractivity contribution < 1.29 is 43.3 Å². The van der Waals surface area contributed by atoms with Gasteiger partial charge in [0.25, 0.3) is 0 Å². The van der Waals surface area contributed by atoms with Crippen molar-refractivity contribution in [2.75, 3.05) is 14.2 Å². The van der Waals surface area contributed by atoms with E-state index in [1.807, 2.05) is 42.5 Å². The average molecular weight is 742 g/mol. The second-order valence-corrected chi connectivity index (χ2v) is 14.5. The van der Waals surface area contributed by atoms with Gasteiger partial charge in [0.1, 0.15) is 35.5 Å². The minimum Gasteiger partial charge on any atom is -0.497 e. The molecule has 5 rings (SSSR count). The van der Waals surface area contributed by atoms with Crippen LogP contribution in [0.25, 0.3) is 22.2 Å². The highest BCUT2D eigenvalue weighted by molar-refractivity contribution is 6.04. The number of hydrogen-bond donors (Lipinski definition) is 3. The zero-order valence-corrected chi connectivity index (χ0v) is 31.6. The van der Waals surface area contributed by atoms with Gasteiger partial charge in [-0.3, -0.25) is 19.2 Å². The van der Waals surface area contributed by atoms with Crippen LogP contribution in [0, 0.1) is 23.7 Å². The number of carboxylic acids is 1. The summed E-state index contributed by atoms with van der Waals surface area (Å²) in [6.07, 6.45) is 5.42. The van der Waals surface area contributed by atoms with E-state index in [9.17, 15) is 29.1 Å². The SMILES string of the molecule is CC[C@H](CC(=O)[C@@H]1C[C@@H](Oc2cc(-c3ccccc3)nc3cc(OC)ccc23)C=C1C(=O)N[C@H](C(=O)N[C@@H](C(=O)OC)C1CCCCC1)C(C)C)C(=O)O. The Morgan fingerprint density at radius 2 is 1.67 bits per heavy atom. The number of hydrogen-bond acceptors (Lipinski definition) is 9. The van der Waals surface area contributed by atoms with Crippen LogP contribution in [0.2, 0.25) is 0 Å². The standard InChI is InChI=1S/C42H51N3O9/c1-6-25(41(49)50)19-35(46)31-20-29(54-36-23-33(26-13-9-7-10-14-26)43-34-22-28(52-4)17-18-30(34)36)21-32(31)39(47)44-37(24(2)3)40(48)45-38(42(51)53-5)27-15-11-8-12-16-27/h7,9-10,13-14,17-18,21-25,27,29,31,37-38H,6,8,11-12,15-16,19-20H2,1-5H3,(H,44,47)(H,45,48)(H,49,50)/t25-,29-,31-,37+,38-/m1/s1. The quantitative estimate of drug-likeness (QED) is 0.147. The number of fused-ring (bicyclic) bond motifs is 1. The maximum Gasteiger partial charge on any atom is 0.328 e. The summed E-state index contributed by atoms with van der Waals surface area (Å²) in [6.45, 7) is 5.26. The normalized spacial score (nSPS) is 19.0. The van der Waals surface area contributed by atoms with Gasteiger partial charge in [0, 0.05) is 41.5 Å². The van der Waals surface area contributed by atoms with E-state index >= 15 is 0 Å². The Labute approximate surface area is 316 Å². The minimum absolute atomic E-state index is 0.0791. The van der Waals surface area contributed by atoms with E-state index in [0.29, 0.717) is 28.1 Å². The molecule has 2 amide bonds. The number of ketones is 1. The van der Waals surface area contributed by atoms with Gasteiger partial charge in [-0.1, -0.05) is 70.4 Å². The zero-order chi connectivity index (χ0) is 38.9. The highest BCUT2D eigenvalue weighted by atomic mass is 16.5. The molecule has 0 unspecified atom stereocenters. The van der Waals surface area contributed by atoms with Crippen molar-refractivity contribution in [3.05, 3.63) is 66.2 Å². The fourth-order valence-electron chi connectivity index (χ4n) is 7.44. The molecule has 3 aromatic rings. The molecule has 2 aromatic carbocycles. The number of ether oxygens (including phenoxy) is 3. The van der Waals surface area contributed by atoms with Crippen molar-refractivity contribution in [1.29, 1.82) is 0 Å². The summed E-state index contributed by atoms with van der Waals surface area (Å²) >= 11 is 0. The Morgan fingerprint density at radius 1 is 0.944 bits per heavy atom. The lowest BCUT2D eigenvalue weighted by atomic mass is 9.83. The lowest BCUT2D eigenvalue weighted by molar-refractivity contribution is -0.147. The number of aliphatic carboxylic acids is 1. The van der Waals surface area contributed by atoms with Crippen LogP contribution in [-0.4, -0.2) is 72.0 Å². The lowest BCUT2D eigenvalue weighted by Gasteiger charge is -2.31. The van der Waals surface area contributed by atoms with Gasteiger partial charge >= 0.3 is 11.9 Å². The maximum atomic E-state index is 14.2. The Kier molecular flexibility index (Phi) is 13.4. The molecule has 5 atom stereocenters. The molecule has 0 radical (unpaired) electrons. The van der Waals surface area contributed by atoms with Crippen LogP contribution >= 0.6 is 0 Å². The number of Topliss-reactive ketones (excluding diaryl/α,β-unsaturated/α-hetero) is 1. The van der Waals surface area contributed by atoms with Gasteiger partial charge in [-0.15, -0.1) is 0 Å². The molecule has 0 spiro atoms. The molecule has 3 N–H and O–H groups in total. The third-order valence-electron chi connectivity index (χ3n) is 10.6. The van der Waals surface area contributed by atoms with Crippen molar-refractivity contribution in [3.63, 3.8) is 0 Å². The molecule has 1 heterocycles. The van der Waals surface area contributed by atoms with Gasteiger partial charge in [-0.2, -0.15) is 0 Å². The molecule has 0 aliphatic heterocycles. The summed E-state index contributed by atoms with van der Waals surface area (Å²) in [5, 5.41) is 16.1. The molecule has 12 heteroatoms. The number of carbonyl (C=O) groups excluding carboxylic acids is 4. The van der Waals surface area contributed by atoms with E-state index < -0.39 is 59.6 Å². The maximum absolute atomic E-state index is 14.2.